The molecule has 0 saturated heterocycles. The molecule has 0 aliphatic rings. The summed E-state index contributed by atoms with van der Waals surface area (Å²) in [6.07, 6.45) is 4.65. The highest BCUT2D eigenvalue weighted by molar-refractivity contribution is 5.35. The third-order valence-corrected chi connectivity index (χ3v) is 2.74. The molecule has 1 N–H and O–H groups in total. The van der Waals surface area contributed by atoms with E-state index >= 15 is 0 Å². The third-order valence-electron chi connectivity index (χ3n) is 2.74. The lowest BCUT2D eigenvalue weighted by Gasteiger charge is -2.14. The highest BCUT2D eigenvalue weighted by Gasteiger charge is 2.07. The van der Waals surface area contributed by atoms with Gasteiger partial charge in [-0.15, -0.1) is 0 Å². The van der Waals surface area contributed by atoms with Crippen molar-refractivity contribution < 1.29 is 9.84 Å². The van der Waals surface area contributed by atoms with Crippen molar-refractivity contribution in [2.24, 2.45) is 0 Å². The number of benzene rings is 1. The fourth-order valence-electron chi connectivity index (χ4n) is 1.84. The fraction of sp³-hybridized carbons (Fsp3) is 0.357. The lowest BCUT2D eigenvalue weighted by Crippen LogP contribution is -2.23. The molecule has 0 radical (unpaired) electrons. The minimum atomic E-state index is -0.542. The highest BCUT2D eigenvalue weighted by atomic mass is 16.5. The minimum Gasteiger partial charge on any atom is -0.491 e. The first kappa shape index (κ1) is 12.6. The molecule has 0 bridgehead atoms. The molecule has 18 heavy (non-hydrogen) atoms. The Hall–Kier alpha value is -1.81. The number of aliphatic hydroxyl groups is 1. The molecular weight excluding hydrogens is 228 g/mol. The molecule has 2 aromatic rings. The molecule has 96 valence electrons. The van der Waals surface area contributed by atoms with Crippen LogP contribution in [0.2, 0.25) is 0 Å². The number of hydrogen-bond acceptors (Lipinski definition) is 3. The van der Waals surface area contributed by atoms with Gasteiger partial charge < -0.3 is 14.4 Å². The van der Waals surface area contributed by atoms with E-state index in [4.69, 9.17) is 4.74 Å². The van der Waals surface area contributed by atoms with Gasteiger partial charge in [0.1, 0.15) is 18.5 Å². The minimum absolute atomic E-state index is 0.280. The number of aromatic nitrogens is 2. The standard InChI is InChI=1S/C14H18N2O2/c1-11-3-4-14(12(2)7-11)18-9-13(17)8-16-6-5-15-10-16/h3-7,10,13,17H,8-9H2,1-2H3. The molecule has 1 heterocycles. The van der Waals surface area contributed by atoms with Gasteiger partial charge in [0.2, 0.25) is 0 Å². The first-order chi connectivity index (χ1) is 8.65. The van der Waals surface area contributed by atoms with Crippen LogP contribution >= 0.6 is 0 Å². The molecular formula is C14H18N2O2. The van der Waals surface area contributed by atoms with E-state index in [0.717, 1.165) is 11.3 Å². The average molecular weight is 246 g/mol. The number of aryl methyl sites for hydroxylation is 2. The molecule has 2 rings (SSSR count). The van der Waals surface area contributed by atoms with E-state index in [-0.39, 0.29) is 6.61 Å². The van der Waals surface area contributed by atoms with Gasteiger partial charge in [-0.2, -0.15) is 0 Å². The lowest BCUT2D eigenvalue weighted by atomic mass is 10.1. The van der Waals surface area contributed by atoms with Crippen molar-refractivity contribution in [1.82, 2.24) is 9.55 Å². The van der Waals surface area contributed by atoms with E-state index in [2.05, 4.69) is 11.1 Å². The predicted octanol–water partition coefficient (Wildman–Crippen LogP) is 1.94. The quantitative estimate of drug-likeness (QED) is 0.877. The van der Waals surface area contributed by atoms with Crippen molar-refractivity contribution in [1.29, 1.82) is 0 Å². The zero-order valence-corrected chi connectivity index (χ0v) is 10.7. The first-order valence-corrected chi connectivity index (χ1v) is 5.99. The molecule has 0 aliphatic heterocycles. The maximum Gasteiger partial charge on any atom is 0.122 e. The summed E-state index contributed by atoms with van der Waals surface area (Å²) in [6, 6.07) is 6.01. The van der Waals surface area contributed by atoms with Crippen molar-refractivity contribution in [3.63, 3.8) is 0 Å². The van der Waals surface area contributed by atoms with Crippen molar-refractivity contribution in [2.45, 2.75) is 26.5 Å². The summed E-state index contributed by atoms with van der Waals surface area (Å²) in [5.74, 6) is 0.824. The highest BCUT2D eigenvalue weighted by Crippen LogP contribution is 2.18. The maximum atomic E-state index is 9.85. The van der Waals surface area contributed by atoms with Crippen LogP contribution in [0.15, 0.2) is 36.9 Å². The Balaban J connectivity index is 1.87. The van der Waals surface area contributed by atoms with Crippen LogP contribution in [-0.2, 0) is 6.54 Å². The molecule has 1 aromatic carbocycles. The summed E-state index contributed by atoms with van der Waals surface area (Å²) in [5, 5.41) is 9.85. The second kappa shape index (κ2) is 5.69. The molecule has 0 spiro atoms. The maximum absolute atomic E-state index is 9.85. The van der Waals surface area contributed by atoms with Gasteiger partial charge in [-0.25, -0.2) is 4.98 Å². The van der Waals surface area contributed by atoms with Crippen molar-refractivity contribution in [3.05, 3.63) is 48.0 Å². The van der Waals surface area contributed by atoms with Crippen molar-refractivity contribution in [2.75, 3.05) is 6.61 Å². The van der Waals surface area contributed by atoms with E-state index in [1.54, 1.807) is 12.5 Å². The average Bonchev–Trinajstić information content (AvgIpc) is 2.80. The van der Waals surface area contributed by atoms with Gasteiger partial charge in [0, 0.05) is 12.4 Å². The van der Waals surface area contributed by atoms with Crippen LogP contribution in [0.25, 0.3) is 0 Å². The third kappa shape index (κ3) is 3.34. The summed E-state index contributed by atoms with van der Waals surface area (Å²) < 4.78 is 7.45. The summed E-state index contributed by atoms with van der Waals surface area (Å²) in [4.78, 5) is 3.93. The molecule has 0 amide bonds. The first-order valence-electron chi connectivity index (χ1n) is 5.99. The number of rotatable bonds is 5. The molecule has 1 atom stereocenters. The number of ether oxygens (including phenoxy) is 1. The summed E-state index contributed by atoms with van der Waals surface area (Å²) in [5.41, 5.74) is 2.30. The van der Waals surface area contributed by atoms with Gasteiger partial charge in [-0.1, -0.05) is 17.7 Å². The van der Waals surface area contributed by atoms with Gasteiger partial charge in [0.15, 0.2) is 0 Å². The van der Waals surface area contributed by atoms with Crippen LogP contribution in [-0.4, -0.2) is 27.4 Å². The smallest absolute Gasteiger partial charge is 0.122 e. The van der Waals surface area contributed by atoms with Crippen LogP contribution in [0.1, 0.15) is 11.1 Å². The van der Waals surface area contributed by atoms with Gasteiger partial charge in [-0.05, 0) is 25.5 Å². The van der Waals surface area contributed by atoms with E-state index in [1.807, 2.05) is 36.7 Å². The topological polar surface area (TPSA) is 47.3 Å². The number of hydrogen-bond donors (Lipinski definition) is 1. The number of nitrogens with zero attached hydrogens (tertiary/aromatic N) is 2. The fourth-order valence-corrected chi connectivity index (χ4v) is 1.84. The molecule has 0 fully saturated rings. The SMILES string of the molecule is Cc1ccc(OCC(O)Cn2ccnc2)c(C)c1. The molecule has 0 saturated carbocycles. The van der Waals surface area contributed by atoms with E-state index in [0.29, 0.717) is 6.54 Å². The molecule has 4 heteroatoms. The second-order valence-electron chi connectivity index (χ2n) is 4.49. The number of aliphatic hydroxyl groups excluding tert-OH is 1. The molecule has 0 aliphatic carbocycles. The van der Waals surface area contributed by atoms with Crippen LogP contribution in [0.5, 0.6) is 5.75 Å². The van der Waals surface area contributed by atoms with Gasteiger partial charge >= 0.3 is 0 Å². The summed E-state index contributed by atoms with van der Waals surface area (Å²) in [7, 11) is 0. The summed E-state index contributed by atoms with van der Waals surface area (Å²) >= 11 is 0. The molecule has 1 unspecified atom stereocenters. The van der Waals surface area contributed by atoms with E-state index in [1.165, 1.54) is 5.56 Å². The normalized spacial score (nSPS) is 12.4. The van der Waals surface area contributed by atoms with Gasteiger partial charge in [0.25, 0.3) is 0 Å². The van der Waals surface area contributed by atoms with Crippen LogP contribution < -0.4 is 4.74 Å². The summed E-state index contributed by atoms with van der Waals surface area (Å²) in [6.45, 7) is 4.82. The van der Waals surface area contributed by atoms with Gasteiger partial charge in [-0.3, -0.25) is 0 Å². The largest absolute Gasteiger partial charge is 0.491 e. The Morgan fingerprint density at radius 3 is 2.89 bits per heavy atom. The van der Waals surface area contributed by atoms with Crippen molar-refractivity contribution in [3.8, 4) is 5.75 Å². The van der Waals surface area contributed by atoms with Crippen LogP contribution in [0.4, 0.5) is 0 Å². The van der Waals surface area contributed by atoms with E-state index in [9.17, 15) is 5.11 Å². The second-order valence-corrected chi connectivity index (χ2v) is 4.49. The Labute approximate surface area is 107 Å². The Morgan fingerprint density at radius 1 is 1.39 bits per heavy atom. The lowest BCUT2D eigenvalue weighted by molar-refractivity contribution is 0.0921. The Bertz CT molecular complexity index is 495. The Morgan fingerprint density at radius 2 is 2.22 bits per heavy atom. The van der Waals surface area contributed by atoms with Crippen molar-refractivity contribution >= 4 is 0 Å². The predicted molar refractivity (Wildman–Crippen MR) is 69.6 cm³/mol. The number of imidazole rings is 1. The van der Waals surface area contributed by atoms with Gasteiger partial charge in [0.05, 0.1) is 12.9 Å². The monoisotopic (exact) mass is 246 g/mol. The Kier molecular flexibility index (Phi) is 3.99. The zero-order valence-electron chi connectivity index (χ0n) is 10.7. The molecule has 1 aromatic heterocycles. The van der Waals surface area contributed by atoms with Crippen LogP contribution in [0.3, 0.4) is 0 Å². The zero-order chi connectivity index (χ0) is 13.0. The van der Waals surface area contributed by atoms with E-state index < -0.39 is 6.10 Å². The van der Waals surface area contributed by atoms with Crippen LogP contribution in [0, 0.1) is 13.8 Å². The molecule has 4 nitrogen and oxygen atoms in total.